The van der Waals surface area contributed by atoms with E-state index in [9.17, 15) is 13.2 Å². The fourth-order valence-electron chi connectivity index (χ4n) is 2.94. The van der Waals surface area contributed by atoms with Crippen molar-refractivity contribution in [3.8, 4) is 0 Å². The van der Waals surface area contributed by atoms with Crippen LogP contribution in [0, 0.1) is 0 Å². The Bertz CT molecular complexity index is 1120. The summed E-state index contributed by atoms with van der Waals surface area (Å²) in [6.45, 7) is 4.13. The molecule has 0 unspecified atom stereocenters. The number of aromatic nitrogens is 2. The lowest BCUT2D eigenvalue weighted by Gasteiger charge is -2.26. The van der Waals surface area contributed by atoms with E-state index in [1.807, 2.05) is 24.3 Å². The fraction of sp³-hybridized carbons (Fsp3) is 0.389. The zero-order valence-electron chi connectivity index (χ0n) is 15.9. The van der Waals surface area contributed by atoms with Crippen LogP contribution in [-0.4, -0.2) is 46.1 Å². The van der Waals surface area contributed by atoms with E-state index in [1.165, 1.54) is 27.4 Å². The summed E-state index contributed by atoms with van der Waals surface area (Å²) in [6.07, 6.45) is 0.564. The van der Waals surface area contributed by atoms with Crippen LogP contribution in [0.15, 0.2) is 28.6 Å². The topological polar surface area (TPSA) is 92.3 Å². The molecule has 154 valence electrons. The van der Waals surface area contributed by atoms with Crippen molar-refractivity contribution in [3.05, 3.63) is 34.8 Å². The van der Waals surface area contributed by atoms with Crippen LogP contribution < -0.4 is 5.32 Å². The molecule has 1 N–H and O–H groups in total. The molecule has 0 spiro atoms. The van der Waals surface area contributed by atoms with Crippen molar-refractivity contribution in [2.75, 3.05) is 17.6 Å². The van der Waals surface area contributed by atoms with Crippen LogP contribution >= 0.6 is 34.4 Å². The number of fused-ring (bicyclic) bond motifs is 2. The third-order valence-electron chi connectivity index (χ3n) is 4.50. The maximum absolute atomic E-state index is 12.4. The predicted molar refractivity (Wildman–Crippen MR) is 119 cm³/mol. The van der Waals surface area contributed by atoms with E-state index in [1.54, 1.807) is 25.2 Å². The summed E-state index contributed by atoms with van der Waals surface area (Å²) in [5, 5.41) is 2.91. The molecule has 0 fully saturated rings. The first kappa shape index (κ1) is 20.7. The second-order valence-electron chi connectivity index (χ2n) is 6.85. The summed E-state index contributed by atoms with van der Waals surface area (Å²) >= 11 is 4.32. The van der Waals surface area contributed by atoms with E-state index in [4.69, 9.17) is 0 Å². The van der Waals surface area contributed by atoms with Crippen LogP contribution in [0.5, 0.6) is 0 Å². The minimum atomic E-state index is -3.29. The Morgan fingerprint density at radius 2 is 2.07 bits per heavy atom. The van der Waals surface area contributed by atoms with Crippen molar-refractivity contribution in [3.63, 3.8) is 0 Å². The van der Waals surface area contributed by atoms with E-state index in [0.717, 1.165) is 25.1 Å². The fourth-order valence-corrected chi connectivity index (χ4v) is 7.18. The second-order valence-corrected chi connectivity index (χ2v) is 12.7. The molecular formula is C18H20N4O3S4. The number of carbonyl (C=O) groups is 1. The van der Waals surface area contributed by atoms with Crippen molar-refractivity contribution in [1.29, 1.82) is 0 Å². The zero-order valence-corrected chi connectivity index (χ0v) is 19.2. The Kier molecular flexibility index (Phi) is 5.94. The normalized spacial score (nSPS) is 15.0. The highest BCUT2D eigenvalue weighted by atomic mass is 32.2. The number of benzene rings is 1. The third kappa shape index (κ3) is 4.48. The van der Waals surface area contributed by atoms with Crippen LogP contribution in [0.3, 0.4) is 0 Å². The minimum absolute atomic E-state index is 0.146. The lowest BCUT2D eigenvalue weighted by molar-refractivity contribution is -0.113. The summed E-state index contributed by atoms with van der Waals surface area (Å²) in [4.78, 5) is 22.2. The minimum Gasteiger partial charge on any atom is -0.301 e. The van der Waals surface area contributed by atoms with E-state index < -0.39 is 15.3 Å². The first-order valence-electron chi connectivity index (χ1n) is 9.08. The van der Waals surface area contributed by atoms with Gasteiger partial charge in [0.2, 0.25) is 15.9 Å². The lowest BCUT2D eigenvalue weighted by atomic mass is 10.2. The first-order chi connectivity index (χ1) is 13.8. The van der Waals surface area contributed by atoms with Gasteiger partial charge in [-0.15, -0.1) is 22.7 Å². The molecule has 29 heavy (non-hydrogen) atoms. The molecule has 0 aliphatic carbocycles. The van der Waals surface area contributed by atoms with E-state index in [-0.39, 0.29) is 11.7 Å². The molecule has 4 rings (SSSR count). The molecule has 1 aliphatic heterocycles. The smallest absolute Gasteiger partial charge is 0.236 e. The van der Waals surface area contributed by atoms with Crippen molar-refractivity contribution in [2.24, 2.45) is 0 Å². The molecule has 3 heterocycles. The van der Waals surface area contributed by atoms with Crippen LogP contribution in [0.1, 0.15) is 24.4 Å². The number of nitrogens with one attached hydrogen (secondary N) is 1. The number of nitrogens with zero attached hydrogens (tertiary/aromatic N) is 3. The van der Waals surface area contributed by atoms with Gasteiger partial charge in [-0.2, -0.15) is 4.31 Å². The molecule has 0 radical (unpaired) electrons. The van der Waals surface area contributed by atoms with Gasteiger partial charge in [-0.05, 0) is 26.0 Å². The Morgan fingerprint density at radius 3 is 2.83 bits per heavy atom. The van der Waals surface area contributed by atoms with Gasteiger partial charge in [0, 0.05) is 24.4 Å². The molecule has 1 amide bonds. The molecule has 1 aliphatic rings. The molecule has 0 saturated carbocycles. The molecular weight excluding hydrogens is 448 g/mol. The van der Waals surface area contributed by atoms with Crippen LogP contribution in [0.25, 0.3) is 10.2 Å². The van der Waals surface area contributed by atoms with E-state index in [0.29, 0.717) is 24.6 Å². The van der Waals surface area contributed by atoms with Crippen molar-refractivity contribution in [2.45, 2.75) is 36.4 Å². The van der Waals surface area contributed by atoms with Gasteiger partial charge in [0.15, 0.2) is 9.47 Å². The lowest BCUT2D eigenvalue weighted by Crippen LogP contribution is -2.39. The summed E-state index contributed by atoms with van der Waals surface area (Å²) in [7, 11) is -3.29. The average molecular weight is 469 g/mol. The molecule has 7 nitrogen and oxygen atoms in total. The Balaban J connectivity index is 1.37. The SMILES string of the molecule is CC(C)S(=O)(=O)N1CCc2nc(NC(=O)CSc3nc4ccccc4s3)sc2C1. The van der Waals surface area contributed by atoms with E-state index >= 15 is 0 Å². The number of para-hydroxylation sites is 1. The van der Waals surface area contributed by atoms with Gasteiger partial charge < -0.3 is 5.32 Å². The summed E-state index contributed by atoms with van der Waals surface area (Å²) in [5.41, 5.74) is 1.81. The summed E-state index contributed by atoms with van der Waals surface area (Å²) in [6, 6.07) is 7.89. The van der Waals surface area contributed by atoms with E-state index in [2.05, 4.69) is 15.3 Å². The Labute approximate surface area is 181 Å². The number of hydrogen-bond acceptors (Lipinski definition) is 8. The van der Waals surface area contributed by atoms with Gasteiger partial charge in [-0.25, -0.2) is 18.4 Å². The van der Waals surface area contributed by atoms with Gasteiger partial charge in [0.1, 0.15) is 0 Å². The molecule has 0 atom stereocenters. The van der Waals surface area contributed by atoms with Crippen LogP contribution in [0.4, 0.5) is 5.13 Å². The quantitative estimate of drug-likeness (QED) is 0.556. The van der Waals surface area contributed by atoms with Crippen LogP contribution in [0.2, 0.25) is 0 Å². The standard InChI is InChI=1S/C18H20N4O3S4/c1-11(2)29(24,25)22-8-7-13-15(9-22)27-17(19-13)21-16(23)10-26-18-20-12-5-3-4-6-14(12)28-18/h3-6,11H,7-10H2,1-2H3,(H,19,21,23). The highest BCUT2D eigenvalue weighted by molar-refractivity contribution is 8.01. The van der Waals surface area contributed by atoms with Gasteiger partial charge in [0.05, 0.1) is 26.9 Å². The number of carbonyl (C=O) groups excluding carboxylic acids is 1. The Morgan fingerprint density at radius 1 is 1.28 bits per heavy atom. The van der Waals surface area contributed by atoms with Crippen molar-refractivity contribution in [1.82, 2.24) is 14.3 Å². The molecule has 0 saturated heterocycles. The van der Waals surface area contributed by atoms with Crippen LogP contribution in [-0.2, 0) is 27.8 Å². The largest absolute Gasteiger partial charge is 0.301 e. The number of rotatable bonds is 6. The number of thiazole rings is 2. The second kappa shape index (κ2) is 8.31. The van der Waals surface area contributed by atoms with Gasteiger partial charge in [0.25, 0.3) is 0 Å². The van der Waals surface area contributed by atoms with Crippen molar-refractivity contribution < 1.29 is 13.2 Å². The summed E-state index contributed by atoms with van der Waals surface area (Å²) in [5.74, 6) is 0.102. The third-order valence-corrected chi connectivity index (χ3v) is 9.90. The maximum atomic E-state index is 12.4. The molecule has 1 aromatic carbocycles. The summed E-state index contributed by atoms with van der Waals surface area (Å²) < 4.78 is 28.3. The maximum Gasteiger partial charge on any atom is 0.236 e. The predicted octanol–water partition coefficient (Wildman–Crippen LogP) is 3.58. The highest BCUT2D eigenvalue weighted by Crippen LogP contribution is 2.31. The Hall–Kier alpha value is -1.53. The highest BCUT2D eigenvalue weighted by Gasteiger charge is 2.31. The number of thioether (sulfide) groups is 1. The average Bonchev–Trinajstić information content (AvgIpc) is 3.28. The molecule has 2 aromatic heterocycles. The molecule has 11 heteroatoms. The van der Waals surface area contributed by atoms with Gasteiger partial charge in [-0.3, -0.25) is 4.79 Å². The van der Waals surface area contributed by atoms with Gasteiger partial charge in [-0.1, -0.05) is 23.9 Å². The van der Waals surface area contributed by atoms with Gasteiger partial charge >= 0.3 is 0 Å². The van der Waals surface area contributed by atoms with Crippen molar-refractivity contribution >= 4 is 65.7 Å². The zero-order chi connectivity index (χ0) is 20.6. The molecule has 3 aromatic rings. The number of amides is 1. The first-order valence-corrected chi connectivity index (χ1v) is 13.2. The monoisotopic (exact) mass is 468 g/mol. The number of sulfonamides is 1. The number of anilines is 1. The number of hydrogen-bond donors (Lipinski definition) is 1. The molecule has 0 bridgehead atoms.